The Morgan fingerprint density at radius 3 is 2.78 bits per heavy atom. The molecule has 4 rings (SSSR count). The zero-order valence-electron chi connectivity index (χ0n) is 15.0. The monoisotopic (exact) mass is 391 g/mol. The van der Waals surface area contributed by atoms with E-state index in [4.69, 9.17) is 0 Å². The van der Waals surface area contributed by atoms with Gasteiger partial charge in [0.15, 0.2) is 9.84 Å². The number of hydrogen-bond acceptors (Lipinski definition) is 7. The number of aryl methyl sites for hydroxylation is 1. The van der Waals surface area contributed by atoms with Crippen molar-refractivity contribution < 1.29 is 13.3 Å². The molecule has 2 aliphatic rings. The summed E-state index contributed by atoms with van der Waals surface area (Å²) in [5.74, 6) is 2.07. The number of fused-ring (bicyclic) bond motifs is 1. The molecule has 0 N–H and O–H groups in total. The maximum absolute atomic E-state index is 12.0. The Morgan fingerprint density at radius 2 is 2.04 bits per heavy atom. The average molecular weight is 391 g/mol. The second-order valence-corrected chi connectivity index (χ2v) is 9.15. The van der Waals surface area contributed by atoms with Crippen molar-refractivity contribution in [2.75, 3.05) is 24.2 Å². The molecule has 0 aliphatic carbocycles. The van der Waals surface area contributed by atoms with Gasteiger partial charge in [-0.15, -0.1) is 10.2 Å². The summed E-state index contributed by atoms with van der Waals surface area (Å²) in [6.07, 6.45) is 4.79. The predicted octanol–water partition coefficient (Wildman–Crippen LogP) is 1.92. The zero-order chi connectivity index (χ0) is 19.2. The van der Waals surface area contributed by atoms with Gasteiger partial charge in [0.05, 0.1) is 4.92 Å². The van der Waals surface area contributed by atoms with E-state index in [1.807, 2.05) is 4.90 Å². The fraction of sp³-hybridized carbons (Fsp3) is 0.529. The lowest BCUT2D eigenvalue weighted by Gasteiger charge is -2.33. The second-order valence-electron chi connectivity index (χ2n) is 7.17. The molecule has 3 heterocycles. The number of para-hydroxylation sites is 1. The van der Waals surface area contributed by atoms with Crippen molar-refractivity contribution in [1.82, 2.24) is 14.8 Å². The summed E-state index contributed by atoms with van der Waals surface area (Å²) in [7, 11) is -3.70. The molecule has 0 saturated carbocycles. The van der Waals surface area contributed by atoms with E-state index in [9.17, 15) is 18.5 Å². The van der Waals surface area contributed by atoms with E-state index in [0.29, 0.717) is 18.8 Å². The molecular formula is C17H21N5O4S. The van der Waals surface area contributed by atoms with Crippen molar-refractivity contribution in [2.45, 2.75) is 43.0 Å². The molecule has 0 spiro atoms. The Labute approximate surface area is 157 Å². The summed E-state index contributed by atoms with van der Waals surface area (Å²) in [5.41, 5.74) is 0.0147. The van der Waals surface area contributed by atoms with Gasteiger partial charge in [-0.1, -0.05) is 6.07 Å². The Morgan fingerprint density at radius 1 is 1.22 bits per heavy atom. The Hall–Kier alpha value is -2.49. The molecule has 1 unspecified atom stereocenters. The third-order valence-electron chi connectivity index (χ3n) is 5.33. The first-order chi connectivity index (χ1) is 12.9. The van der Waals surface area contributed by atoms with Crippen LogP contribution >= 0.6 is 0 Å². The number of rotatable bonds is 4. The number of sulfone groups is 1. The van der Waals surface area contributed by atoms with Crippen molar-refractivity contribution in [3.63, 3.8) is 0 Å². The minimum atomic E-state index is -3.70. The van der Waals surface area contributed by atoms with Crippen LogP contribution in [0.1, 0.15) is 36.8 Å². The molecule has 2 aromatic rings. The molecular weight excluding hydrogens is 370 g/mol. The molecule has 2 aliphatic heterocycles. The number of piperidine rings is 1. The molecule has 0 radical (unpaired) electrons. The Balaban J connectivity index is 1.70. The lowest BCUT2D eigenvalue weighted by atomic mass is 9.96. The van der Waals surface area contributed by atoms with Crippen LogP contribution in [0.3, 0.4) is 0 Å². The summed E-state index contributed by atoms with van der Waals surface area (Å²) >= 11 is 0. The van der Waals surface area contributed by atoms with Gasteiger partial charge in [0.1, 0.15) is 22.2 Å². The van der Waals surface area contributed by atoms with E-state index in [1.54, 1.807) is 12.1 Å². The average Bonchev–Trinajstić information content (AvgIpc) is 3.24. The number of nitrogens with zero attached hydrogens (tertiary/aromatic N) is 5. The summed E-state index contributed by atoms with van der Waals surface area (Å²) in [4.78, 5) is 12.8. The van der Waals surface area contributed by atoms with Crippen LogP contribution < -0.4 is 4.90 Å². The standard InChI is InChI=1S/C17H21N5O4S/c1-27(25,26)14-7-2-6-13(16(14)22(23)24)20-9-3-5-12(11-20)17-19-18-15-8-4-10-21(15)17/h2,6-7,12H,3-5,8-11H2,1H3. The van der Waals surface area contributed by atoms with Crippen LogP contribution in [-0.2, 0) is 22.8 Å². The molecule has 1 aromatic heterocycles. The lowest BCUT2D eigenvalue weighted by Crippen LogP contribution is -2.36. The molecule has 0 amide bonds. The van der Waals surface area contributed by atoms with Crippen molar-refractivity contribution in [2.24, 2.45) is 0 Å². The highest BCUT2D eigenvalue weighted by molar-refractivity contribution is 7.90. The summed E-state index contributed by atoms with van der Waals surface area (Å²) in [5, 5.41) is 20.3. The van der Waals surface area contributed by atoms with Crippen LogP contribution in [-0.4, -0.2) is 47.5 Å². The number of anilines is 1. The van der Waals surface area contributed by atoms with E-state index in [0.717, 1.165) is 50.1 Å². The van der Waals surface area contributed by atoms with Gasteiger partial charge in [-0.3, -0.25) is 10.1 Å². The minimum Gasteiger partial charge on any atom is -0.365 e. The van der Waals surface area contributed by atoms with Crippen LogP contribution in [0.5, 0.6) is 0 Å². The molecule has 9 nitrogen and oxygen atoms in total. The number of aromatic nitrogens is 3. The Kier molecular flexibility index (Phi) is 4.37. The van der Waals surface area contributed by atoms with Gasteiger partial charge >= 0.3 is 5.69 Å². The van der Waals surface area contributed by atoms with Gasteiger partial charge in [0.2, 0.25) is 0 Å². The molecule has 1 fully saturated rings. The fourth-order valence-corrected chi connectivity index (χ4v) is 4.99. The van der Waals surface area contributed by atoms with Gasteiger partial charge in [-0.2, -0.15) is 0 Å². The SMILES string of the molecule is CS(=O)(=O)c1cccc(N2CCCC(c3nnc4n3CCC4)C2)c1[N+](=O)[O-]. The van der Waals surface area contributed by atoms with E-state index < -0.39 is 14.8 Å². The van der Waals surface area contributed by atoms with Gasteiger partial charge in [0.25, 0.3) is 0 Å². The van der Waals surface area contributed by atoms with Crippen molar-refractivity contribution in [3.05, 3.63) is 40.0 Å². The van der Waals surface area contributed by atoms with E-state index in [2.05, 4.69) is 14.8 Å². The summed E-state index contributed by atoms with van der Waals surface area (Å²) in [6, 6.07) is 4.49. The zero-order valence-corrected chi connectivity index (χ0v) is 15.9. The quantitative estimate of drug-likeness (QED) is 0.578. The smallest absolute Gasteiger partial charge is 0.311 e. The normalized spacial score (nSPS) is 19.9. The number of benzene rings is 1. The first-order valence-corrected chi connectivity index (χ1v) is 10.9. The van der Waals surface area contributed by atoms with Crippen LogP contribution in [0, 0.1) is 10.1 Å². The number of nitro groups is 1. The molecule has 0 bridgehead atoms. The summed E-state index contributed by atoms with van der Waals surface area (Å²) < 4.78 is 26.2. The lowest BCUT2D eigenvalue weighted by molar-refractivity contribution is -0.387. The molecule has 1 atom stereocenters. The highest BCUT2D eigenvalue weighted by atomic mass is 32.2. The van der Waals surface area contributed by atoms with Crippen molar-refractivity contribution >= 4 is 21.2 Å². The predicted molar refractivity (Wildman–Crippen MR) is 98.7 cm³/mol. The van der Waals surface area contributed by atoms with Crippen molar-refractivity contribution in [3.8, 4) is 0 Å². The first kappa shape index (κ1) is 17.9. The minimum absolute atomic E-state index is 0.125. The van der Waals surface area contributed by atoms with Gasteiger partial charge < -0.3 is 9.47 Å². The van der Waals surface area contributed by atoms with Crippen LogP contribution in [0.25, 0.3) is 0 Å². The second kappa shape index (κ2) is 6.59. The largest absolute Gasteiger partial charge is 0.365 e. The van der Waals surface area contributed by atoms with Gasteiger partial charge in [-0.05, 0) is 31.4 Å². The van der Waals surface area contributed by atoms with Gasteiger partial charge in [-0.25, -0.2) is 8.42 Å². The van der Waals surface area contributed by atoms with E-state index in [1.165, 1.54) is 6.07 Å². The highest BCUT2D eigenvalue weighted by Gasteiger charge is 2.33. The molecule has 10 heteroatoms. The van der Waals surface area contributed by atoms with E-state index >= 15 is 0 Å². The van der Waals surface area contributed by atoms with Crippen LogP contribution in [0.2, 0.25) is 0 Å². The van der Waals surface area contributed by atoms with E-state index in [-0.39, 0.29) is 16.5 Å². The summed E-state index contributed by atoms with van der Waals surface area (Å²) in [6.45, 7) is 2.12. The molecule has 1 aromatic carbocycles. The maximum atomic E-state index is 12.0. The van der Waals surface area contributed by atoms with Crippen LogP contribution in [0.15, 0.2) is 23.1 Å². The molecule has 1 saturated heterocycles. The van der Waals surface area contributed by atoms with Crippen molar-refractivity contribution in [1.29, 1.82) is 0 Å². The molecule has 27 heavy (non-hydrogen) atoms. The molecule has 144 valence electrons. The third kappa shape index (κ3) is 3.18. The third-order valence-corrected chi connectivity index (χ3v) is 6.45. The fourth-order valence-electron chi connectivity index (χ4n) is 4.13. The number of hydrogen-bond donors (Lipinski definition) is 0. The topological polar surface area (TPSA) is 111 Å². The first-order valence-electron chi connectivity index (χ1n) is 9.00. The highest BCUT2D eigenvalue weighted by Crippen LogP contribution is 2.38. The number of nitro benzene ring substituents is 1. The maximum Gasteiger partial charge on any atom is 0.311 e. The Bertz CT molecular complexity index is 1000. The van der Waals surface area contributed by atoms with Crippen LogP contribution in [0.4, 0.5) is 11.4 Å². The van der Waals surface area contributed by atoms with Gasteiger partial charge in [0, 0.05) is 38.2 Å².